The van der Waals surface area contributed by atoms with E-state index >= 15 is 0 Å². The Bertz CT molecular complexity index is 617. The summed E-state index contributed by atoms with van der Waals surface area (Å²) in [6.45, 7) is 15.5. The lowest BCUT2D eigenvalue weighted by molar-refractivity contribution is 0.124. The molecule has 0 radical (unpaired) electrons. The molecule has 6 nitrogen and oxygen atoms in total. The summed E-state index contributed by atoms with van der Waals surface area (Å²) in [6.07, 6.45) is 0.906. The molecule has 1 fully saturated rings. The van der Waals surface area contributed by atoms with Crippen molar-refractivity contribution < 1.29 is 4.74 Å². The van der Waals surface area contributed by atoms with E-state index in [9.17, 15) is 0 Å². The van der Waals surface area contributed by atoms with Crippen LogP contribution in [0.3, 0.4) is 0 Å². The Kier molecular flexibility index (Phi) is 12.6. The van der Waals surface area contributed by atoms with Crippen LogP contribution in [0.2, 0.25) is 0 Å². The summed E-state index contributed by atoms with van der Waals surface area (Å²) in [6, 6.07) is 6.32. The zero-order chi connectivity index (χ0) is 20.4. The van der Waals surface area contributed by atoms with Gasteiger partial charge in [-0.05, 0) is 37.4 Å². The van der Waals surface area contributed by atoms with E-state index in [1.807, 2.05) is 13.1 Å². The molecule has 1 heterocycles. The van der Waals surface area contributed by atoms with Gasteiger partial charge < -0.3 is 25.2 Å². The van der Waals surface area contributed by atoms with Crippen molar-refractivity contribution >= 4 is 29.9 Å². The van der Waals surface area contributed by atoms with Crippen LogP contribution in [0.15, 0.2) is 23.2 Å². The molecule has 0 aromatic heterocycles. The number of hydrogen-bond donors (Lipinski definition) is 2. The number of hydrogen-bond acceptors (Lipinski definition) is 4. The number of nitrogens with one attached hydrogen (secondary N) is 2. The van der Waals surface area contributed by atoms with Gasteiger partial charge in [-0.3, -0.25) is 4.99 Å². The van der Waals surface area contributed by atoms with Crippen LogP contribution in [0.5, 0.6) is 5.75 Å². The van der Waals surface area contributed by atoms with Crippen LogP contribution in [0.4, 0.5) is 0 Å². The van der Waals surface area contributed by atoms with Gasteiger partial charge >= 0.3 is 0 Å². The van der Waals surface area contributed by atoms with Gasteiger partial charge in [-0.15, -0.1) is 24.0 Å². The minimum absolute atomic E-state index is 0. The van der Waals surface area contributed by atoms with E-state index in [4.69, 9.17) is 4.74 Å². The number of aliphatic imine (C=N–C) groups is 1. The second kappa shape index (κ2) is 14.0. The fraction of sp³-hybridized carbons (Fsp3) is 0.682. The van der Waals surface area contributed by atoms with Gasteiger partial charge in [0.25, 0.3) is 0 Å². The molecule has 2 rings (SSSR count). The first-order valence-corrected chi connectivity index (χ1v) is 10.6. The summed E-state index contributed by atoms with van der Waals surface area (Å²) in [5, 5.41) is 6.90. The number of likely N-dealkylation sites (N-methyl/N-ethyl adjacent to an activating group) is 1. The molecule has 0 spiro atoms. The number of halogens is 1. The van der Waals surface area contributed by atoms with Crippen LogP contribution in [0.1, 0.15) is 25.0 Å². The first-order valence-electron chi connectivity index (χ1n) is 10.6. The van der Waals surface area contributed by atoms with Gasteiger partial charge in [0.05, 0.1) is 7.11 Å². The first kappa shape index (κ1) is 26.0. The largest absolute Gasteiger partial charge is 0.496 e. The van der Waals surface area contributed by atoms with Gasteiger partial charge in [-0.25, -0.2) is 0 Å². The maximum atomic E-state index is 5.47. The average molecular weight is 518 g/mol. The van der Waals surface area contributed by atoms with Crippen LogP contribution in [-0.4, -0.2) is 82.3 Å². The quantitative estimate of drug-likeness (QED) is 0.300. The van der Waals surface area contributed by atoms with Crippen molar-refractivity contribution in [1.29, 1.82) is 0 Å². The van der Waals surface area contributed by atoms with E-state index < -0.39 is 0 Å². The first-order chi connectivity index (χ1) is 13.5. The van der Waals surface area contributed by atoms with Gasteiger partial charge in [0.1, 0.15) is 5.75 Å². The molecule has 0 amide bonds. The molecule has 1 aliphatic rings. The van der Waals surface area contributed by atoms with Crippen molar-refractivity contribution in [2.75, 3.05) is 66.5 Å². The van der Waals surface area contributed by atoms with Crippen LogP contribution in [-0.2, 0) is 6.42 Å². The highest BCUT2D eigenvalue weighted by Crippen LogP contribution is 2.19. The molecule has 1 saturated heterocycles. The zero-order valence-corrected chi connectivity index (χ0v) is 21.2. The Morgan fingerprint density at radius 3 is 2.48 bits per heavy atom. The lowest BCUT2D eigenvalue weighted by atomic mass is 10.1. The second-order valence-corrected chi connectivity index (χ2v) is 7.79. The maximum Gasteiger partial charge on any atom is 0.190 e. The minimum atomic E-state index is 0. The normalized spacial score (nSPS) is 16.8. The highest BCUT2D eigenvalue weighted by molar-refractivity contribution is 14.0. The third kappa shape index (κ3) is 9.09. The highest BCUT2D eigenvalue weighted by Gasteiger charge is 2.17. The smallest absolute Gasteiger partial charge is 0.190 e. The molecule has 2 N–H and O–H groups in total. The monoisotopic (exact) mass is 517 g/mol. The Labute approximate surface area is 194 Å². The van der Waals surface area contributed by atoms with Crippen molar-refractivity contribution in [2.45, 2.75) is 27.2 Å². The number of benzene rings is 1. The highest BCUT2D eigenvalue weighted by atomic mass is 127. The fourth-order valence-electron chi connectivity index (χ4n) is 3.70. The van der Waals surface area contributed by atoms with Gasteiger partial charge in [0, 0.05) is 52.9 Å². The van der Waals surface area contributed by atoms with Gasteiger partial charge in [-0.1, -0.05) is 31.5 Å². The summed E-state index contributed by atoms with van der Waals surface area (Å²) in [5.74, 6) is 2.41. The molecule has 0 saturated carbocycles. The molecular formula is C22H40IN5O. The molecule has 7 heteroatoms. The lowest BCUT2D eigenvalue weighted by Gasteiger charge is -2.35. The van der Waals surface area contributed by atoms with Gasteiger partial charge in [0.15, 0.2) is 5.96 Å². The molecule has 166 valence electrons. The molecule has 0 bridgehead atoms. The van der Waals surface area contributed by atoms with Crippen LogP contribution in [0, 0.1) is 12.8 Å². The fourth-order valence-corrected chi connectivity index (χ4v) is 3.70. The average Bonchev–Trinajstić information content (AvgIpc) is 2.71. The standard InChI is InChI=1S/C22H39N5O.HI/c1-6-26-11-13-27(14-12-26)17-19(3)16-25-22(23-4)24-10-9-20-15-18(2)7-8-21(20)28-5;/h7-8,15,19H,6,9-14,16-17H2,1-5H3,(H2,23,24,25);1H. The molecule has 1 aromatic carbocycles. The number of rotatable bonds is 9. The van der Waals surface area contributed by atoms with E-state index in [2.05, 4.69) is 58.3 Å². The number of guanidine groups is 1. The minimum Gasteiger partial charge on any atom is -0.496 e. The summed E-state index contributed by atoms with van der Waals surface area (Å²) in [5.41, 5.74) is 2.48. The van der Waals surface area contributed by atoms with E-state index in [1.165, 1.54) is 43.9 Å². The Balaban J connectivity index is 0.00000420. The Morgan fingerprint density at radius 2 is 1.86 bits per heavy atom. The Hall–Kier alpha value is -1.06. The van der Waals surface area contributed by atoms with Crippen LogP contribution in [0.25, 0.3) is 0 Å². The number of aryl methyl sites for hydroxylation is 1. The van der Waals surface area contributed by atoms with Crippen molar-refractivity contribution in [1.82, 2.24) is 20.4 Å². The van der Waals surface area contributed by atoms with Crippen LogP contribution < -0.4 is 15.4 Å². The number of ether oxygens (including phenoxy) is 1. The van der Waals surface area contributed by atoms with Crippen molar-refractivity contribution in [3.05, 3.63) is 29.3 Å². The predicted octanol–water partition coefficient (Wildman–Crippen LogP) is 2.60. The predicted molar refractivity (Wildman–Crippen MR) is 134 cm³/mol. The second-order valence-electron chi connectivity index (χ2n) is 7.79. The van der Waals surface area contributed by atoms with E-state index in [0.717, 1.165) is 37.8 Å². The number of nitrogens with zero attached hydrogens (tertiary/aromatic N) is 3. The number of piperazine rings is 1. The third-order valence-electron chi connectivity index (χ3n) is 5.45. The molecule has 1 atom stereocenters. The van der Waals surface area contributed by atoms with Crippen molar-refractivity contribution in [2.24, 2.45) is 10.9 Å². The molecule has 1 aromatic rings. The third-order valence-corrected chi connectivity index (χ3v) is 5.45. The molecular weight excluding hydrogens is 477 g/mol. The van der Waals surface area contributed by atoms with Gasteiger partial charge in [-0.2, -0.15) is 0 Å². The van der Waals surface area contributed by atoms with Crippen molar-refractivity contribution in [3.8, 4) is 5.75 Å². The maximum absolute atomic E-state index is 5.47. The van der Waals surface area contributed by atoms with E-state index in [0.29, 0.717) is 5.92 Å². The summed E-state index contributed by atoms with van der Waals surface area (Å²) < 4.78 is 5.47. The lowest BCUT2D eigenvalue weighted by Crippen LogP contribution is -2.48. The topological polar surface area (TPSA) is 52.1 Å². The van der Waals surface area contributed by atoms with Crippen molar-refractivity contribution in [3.63, 3.8) is 0 Å². The molecule has 1 aliphatic heterocycles. The summed E-state index contributed by atoms with van der Waals surface area (Å²) in [7, 11) is 3.56. The number of methoxy groups -OCH3 is 1. The zero-order valence-electron chi connectivity index (χ0n) is 18.8. The van der Waals surface area contributed by atoms with Gasteiger partial charge in [0.2, 0.25) is 0 Å². The molecule has 1 unspecified atom stereocenters. The van der Waals surface area contributed by atoms with E-state index in [1.54, 1.807) is 7.11 Å². The summed E-state index contributed by atoms with van der Waals surface area (Å²) in [4.78, 5) is 9.47. The SMILES string of the molecule is CCN1CCN(CC(C)CNC(=NC)NCCc2cc(C)ccc2OC)CC1.I. The molecule has 29 heavy (non-hydrogen) atoms. The molecule has 0 aliphatic carbocycles. The Morgan fingerprint density at radius 1 is 1.17 bits per heavy atom. The summed E-state index contributed by atoms with van der Waals surface area (Å²) >= 11 is 0. The van der Waals surface area contributed by atoms with E-state index in [-0.39, 0.29) is 24.0 Å². The van der Waals surface area contributed by atoms with Crippen LogP contribution >= 0.6 is 24.0 Å².